The molecule has 0 unspecified atom stereocenters. The van der Waals surface area contributed by atoms with Crippen LogP contribution in [0.25, 0.3) is 0 Å². The number of aryl methyl sites for hydroxylation is 4. The first kappa shape index (κ1) is 23.0. The lowest BCUT2D eigenvalue weighted by Crippen LogP contribution is -2.24. The van der Waals surface area contributed by atoms with Gasteiger partial charge in [-0.05, 0) is 87.6 Å². The molecule has 1 amide bonds. The van der Waals surface area contributed by atoms with Crippen LogP contribution in [0.15, 0.2) is 52.7 Å². The number of nitrogens with one attached hydrogen (secondary N) is 2. The molecule has 0 spiro atoms. The van der Waals surface area contributed by atoms with Gasteiger partial charge in [0.15, 0.2) is 0 Å². The molecule has 2 N–H and O–H groups in total. The van der Waals surface area contributed by atoms with Crippen LogP contribution in [-0.4, -0.2) is 25.9 Å². The predicted octanol–water partition coefficient (Wildman–Crippen LogP) is 4.62. The van der Waals surface area contributed by atoms with Crippen molar-refractivity contribution >= 4 is 33.0 Å². The van der Waals surface area contributed by atoms with Gasteiger partial charge in [-0.2, -0.15) is 0 Å². The Balaban J connectivity index is 1.49. The highest BCUT2D eigenvalue weighted by Gasteiger charge is 2.15. The van der Waals surface area contributed by atoms with Crippen LogP contribution in [-0.2, 0) is 16.4 Å². The Bertz CT molecular complexity index is 1150. The van der Waals surface area contributed by atoms with Crippen molar-refractivity contribution in [2.75, 3.05) is 11.3 Å². The molecule has 1 heterocycles. The summed E-state index contributed by atoms with van der Waals surface area (Å²) < 4.78 is 27.8. The summed E-state index contributed by atoms with van der Waals surface area (Å²) in [5.41, 5.74) is 3.90. The normalized spacial score (nSPS) is 11.3. The second-order valence-electron chi connectivity index (χ2n) is 7.52. The number of amides is 1. The molecule has 0 aliphatic heterocycles. The molecule has 31 heavy (non-hydrogen) atoms. The summed E-state index contributed by atoms with van der Waals surface area (Å²) in [6.45, 7) is 6.39. The largest absolute Gasteiger partial charge is 0.352 e. The first-order valence-electron chi connectivity index (χ1n) is 10.1. The van der Waals surface area contributed by atoms with Crippen molar-refractivity contribution in [3.8, 4) is 0 Å². The maximum Gasteiger partial charge on any atom is 0.261 e. The summed E-state index contributed by atoms with van der Waals surface area (Å²) in [6.07, 6.45) is 2.76. The first-order chi connectivity index (χ1) is 14.7. The van der Waals surface area contributed by atoms with E-state index in [0.717, 1.165) is 41.1 Å². The Hall–Kier alpha value is -2.71. The highest BCUT2D eigenvalue weighted by molar-refractivity contribution is 7.92. The summed E-state index contributed by atoms with van der Waals surface area (Å²) >= 11 is 1.67. The lowest BCUT2D eigenvalue weighted by Gasteiger charge is -2.10. The van der Waals surface area contributed by atoms with Gasteiger partial charge in [-0.25, -0.2) is 13.4 Å². The molecule has 3 aromatic rings. The Morgan fingerprint density at radius 3 is 2.39 bits per heavy atom. The number of unbranched alkanes of at least 4 members (excludes halogenated alkanes) is 1. The SMILES string of the molecule is Cc1csc(CCCCNC(=O)c2ccc(NS(=O)(=O)c3ccc(C)c(C)c3)cc2)n1. The van der Waals surface area contributed by atoms with Crippen LogP contribution >= 0.6 is 11.3 Å². The smallest absolute Gasteiger partial charge is 0.261 e. The molecule has 2 aromatic carbocycles. The van der Waals surface area contributed by atoms with E-state index in [1.54, 1.807) is 53.8 Å². The van der Waals surface area contributed by atoms with Crippen LogP contribution in [0, 0.1) is 20.8 Å². The number of benzene rings is 2. The van der Waals surface area contributed by atoms with E-state index in [1.165, 1.54) is 0 Å². The maximum atomic E-state index is 12.6. The third-order valence-corrected chi connectivity index (χ3v) is 7.36. The second kappa shape index (κ2) is 10.1. The molecule has 0 atom stereocenters. The van der Waals surface area contributed by atoms with Gasteiger partial charge in [-0.3, -0.25) is 9.52 Å². The first-order valence-corrected chi connectivity index (χ1v) is 12.5. The van der Waals surface area contributed by atoms with Gasteiger partial charge in [-0.15, -0.1) is 11.3 Å². The highest BCUT2D eigenvalue weighted by Crippen LogP contribution is 2.19. The maximum absolute atomic E-state index is 12.6. The van der Waals surface area contributed by atoms with Gasteiger partial charge in [0.05, 0.1) is 9.90 Å². The standard InChI is InChI=1S/C23H27N3O3S2/c1-16-7-12-21(14-17(16)2)31(28,29)26-20-10-8-19(9-11-20)23(27)24-13-5-4-6-22-25-18(3)15-30-22/h7-12,14-15,26H,4-6,13H2,1-3H3,(H,24,27). The van der Waals surface area contributed by atoms with Crippen molar-refractivity contribution in [1.82, 2.24) is 10.3 Å². The number of hydrogen-bond donors (Lipinski definition) is 2. The fourth-order valence-electron chi connectivity index (χ4n) is 3.01. The molecular formula is C23H27N3O3S2. The van der Waals surface area contributed by atoms with Crippen molar-refractivity contribution in [3.05, 3.63) is 75.2 Å². The highest BCUT2D eigenvalue weighted by atomic mass is 32.2. The number of aromatic nitrogens is 1. The lowest BCUT2D eigenvalue weighted by atomic mass is 10.1. The van der Waals surface area contributed by atoms with Crippen LogP contribution in [0.4, 0.5) is 5.69 Å². The fourth-order valence-corrected chi connectivity index (χ4v) is 4.97. The Morgan fingerprint density at radius 1 is 1.00 bits per heavy atom. The van der Waals surface area contributed by atoms with Crippen molar-refractivity contribution in [2.24, 2.45) is 0 Å². The molecule has 0 aliphatic rings. The minimum absolute atomic E-state index is 0.173. The van der Waals surface area contributed by atoms with E-state index in [-0.39, 0.29) is 10.8 Å². The number of anilines is 1. The topological polar surface area (TPSA) is 88.2 Å². The Kier molecular flexibility index (Phi) is 7.46. The van der Waals surface area contributed by atoms with Crippen LogP contribution in [0.2, 0.25) is 0 Å². The number of carbonyl (C=O) groups is 1. The third-order valence-electron chi connectivity index (χ3n) is 4.96. The summed E-state index contributed by atoms with van der Waals surface area (Å²) in [6, 6.07) is 11.4. The van der Waals surface area contributed by atoms with Crippen molar-refractivity contribution in [1.29, 1.82) is 0 Å². The quantitative estimate of drug-likeness (QED) is 0.459. The molecule has 6 nitrogen and oxygen atoms in total. The minimum atomic E-state index is -3.68. The number of sulfonamides is 1. The zero-order chi connectivity index (χ0) is 22.4. The number of thiazole rings is 1. The van der Waals surface area contributed by atoms with Gasteiger partial charge in [0, 0.05) is 28.9 Å². The van der Waals surface area contributed by atoms with Crippen LogP contribution in [0.1, 0.15) is 45.0 Å². The van der Waals surface area contributed by atoms with Crippen molar-refractivity contribution in [2.45, 2.75) is 44.9 Å². The molecule has 164 valence electrons. The summed E-state index contributed by atoms with van der Waals surface area (Å²) in [4.78, 5) is 17.0. The van der Waals surface area contributed by atoms with Gasteiger partial charge in [0.1, 0.15) is 0 Å². The van der Waals surface area contributed by atoms with Crippen LogP contribution in [0.3, 0.4) is 0 Å². The van der Waals surface area contributed by atoms with E-state index >= 15 is 0 Å². The van der Waals surface area contributed by atoms with Gasteiger partial charge in [-0.1, -0.05) is 6.07 Å². The van der Waals surface area contributed by atoms with Gasteiger partial charge >= 0.3 is 0 Å². The van der Waals surface area contributed by atoms with E-state index in [2.05, 4.69) is 15.0 Å². The number of nitrogens with zero attached hydrogens (tertiary/aromatic N) is 1. The minimum Gasteiger partial charge on any atom is -0.352 e. The molecule has 0 fully saturated rings. The average Bonchev–Trinajstić information content (AvgIpc) is 3.15. The van der Waals surface area contributed by atoms with Gasteiger partial charge in [0.25, 0.3) is 15.9 Å². The van der Waals surface area contributed by atoms with Gasteiger partial charge in [0.2, 0.25) is 0 Å². The number of hydrogen-bond acceptors (Lipinski definition) is 5. The fraction of sp³-hybridized carbons (Fsp3) is 0.304. The van der Waals surface area contributed by atoms with Crippen LogP contribution < -0.4 is 10.0 Å². The summed E-state index contributed by atoms with van der Waals surface area (Å²) in [5.74, 6) is -0.173. The van der Waals surface area contributed by atoms with E-state index in [4.69, 9.17) is 0 Å². The third kappa shape index (κ3) is 6.38. The predicted molar refractivity (Wildman–Crippen MR) is 125 cm³/mol. The molecule has 8 heteroatoms. The number of carbonyl (C=O) groups excluding carboxylic acids is 1. The summed E-state index contributed by atoms with van der Waals surface area (Å²) in [5, 5.41) is 6.07. The molecular weight excluding hydrogens is 430 g/mol. The molecule has 0 radical (unpaired) electrons. The van der Waals surface area contributed by atoms with Crippen molar-refractivity contribution in [3.63, 3.8) is 0 Å². The monoisotopic (exact) mass is 457 g/mol. The van der Waals surface area contributed by atoms with E-state index in [0.29, 0.717) is 17.8 Å². The van der Waals surface area contributed by atoms with E-state index < -0.39 is 10.0 Å². The van der Waals surface area contributed by atoms with E-state index in [1.807, 2.05) is 26.2 Å². The van der Waals surface area contributed by atoms with Crippen molar-refractivity contribution < 1.29 is 13.2 Å². The summed E-state index contributed by atoms with van der Waals surface area (Å²) in [7, 11) is -3.68. The zero-order valence-electron chi connectivity index (χ0n) is 17.9. The molecule has 0 bridgehead atoms. The molecule has 0 saturated carbocycles. The molecule has 1 aromatic heterocycles. The molecule has 3 rings (SSSR count). The van der Waals surface area contributed by atoms with Gasteiger partial charge < -0.3 is 5.32 Å². The molecule has 0 saturated heterocycles. The lowest BCUT2D eigenvalue weighted by molar-refractivity contribution is 0.0953. The Morgan fingerprint density at radius 2 is 1.74 bits per heavy atom. The second-order valence-corrected chi connectivity index (χ2v) is 10.1. The van der Waals surface area contributed by atoms with E-state index in [9.17, 15) is 13.2 Å². The zero-order valence-corrected chi connectivity index (χ0v) is 19.6. The Labute approximate surface area is 187 Å². The van der Waals surface area contributed by atoms with Crippen LogP contribution in [0.5, 0.6) is 0 Å². The average molecular weight is 458 g/mol. The molecule has 0 aliphatic carbocycles. The number of rotatable bonds is 9.